The first-order valence-corrected chi connectivity index (χ1v) is 8.54. The first-order valence-electron chi connectivity index (χ1n) is 8.54. The maximum absolute atomic E-state index is 12.3. The molecule has 1 amide bonds. The summed E-state index contributed by atoms with van der Waals surface area (Å²) in [5, 5.41) is 2.71. The fourth-order valence-electron chi connectivity index (χ4n) is 2.43. The van der Waals surface area contributed by atoms with E-state index >= 15 is 0 Å². The van der Waals surface area contributed by atoms with Gasteiger partial charge in [0, 0.05) is 5.69 Å². The number of nitrogens with one attached hydrogen (secondary N) is 1. The van der Waals surface area contributed by atoms with Crippen molar-refractivity contribution in [2.75, 3.05) is 26.1 Å². The van der Waals surface area contributed by atoms with Gasteiger partial charge in [-0.2, -0.15) is 0 Å². The van der Waals surface area contributed by atoms with E-state index in [1.165, 1.54) is 20.3 Å². The number of rotatable bonds is 6. The molecule has 0 saturated carbocycles. The Bertz CT molecular complexity index is 806. The average Bonchev–Trinajstić information content (AvgIpc) is 2.65. The minimum Gasteiger partial charge on any atom is -0.497 e. The van der Waals surface area contributed by atoms with Crippen LogP contribution in [0.4, 0.5) is 5.69 Å². The second-order valence-corrected chi connectivity index (χ2v) is 7.02. The maximum Gasteiger partial charge on any atom is 0.342 e. The molecule has 0 heterocycles. The van der Waals surface area contributed by atoms with E-state index in [1.54, 1.807) is 12.1 Å². The predicted octanol–water partition coefficient (Wildman–Crippen LogP) is 3.80. The molecule has 0 unspecified atom stereocenters. The molecular formula is C21H25NO5. The van der Waals surface area contributed by atoms with Crippen molar-refractivity contribution in [3.05, 3.63) is 53.6 Å². The largest absolute Gasteiger partial charge is 0.497 e. The minimum absolute atomic E-state index is 0.0356. The molecule has 2 rings (SSSR count). The van der Waals surface area contributed by atoms with E-state index < -0.39 is 18.5 Å². The molecule has 0 aliphatic heterocycles. The monoisotopic (exact) mass is 371 g/mol. The number of anilines is 1. The van der Waals surface area contributed by atoms with E-state index in [1.807, 2.05) is 24.3 Å². The Hall–Kier alpha value is -3.02. The van der Waals surface area contributed by atoms with Gasteiger partial charge in [-0.1, -0.05) is 32.9 Å². The van der Waals surface area contributed by atoms with E-state index in [2.05, 4.69) is 26.1 Å². The summed E-state index contributed by atoms with van der Waals surface area (Å²) in [6.07, 6.45) is 0. The second kappa shape index (κ2) is 8.58. The van der Waals surface area contributed by atoms with Gasteiger partial charge in [0.05, 0.1) is 14.2 Å². The van der Waals surface area contributed by atoms with E-state index in [9.17, 15) is 9.59 Å². The number of ether oxygens (including phenoxy) is 3. The molecule has 2 aromatic carbocycles. The number of esters is 1. The maximum atomic E-state index is 12.3. The summed E-state index contributed by atoms with van der Waals surface area (Å²) < 4.78 is 15.3. The van der Waals surface area contributed by atoms with Gasteiger partial charge in [0.25, 0.3) is 5.91 Å². The summed E-state index contributed by atoms with van der Waals surface area (Å²) in [6, 6.07) is 12.3. The second-order valence-electron chi connectivity index (χ2n) is 7.02. The van der Waals surface area contributed by atoms with Gasteiger partial charge in [0.2, 0.25) is 0 Å². The Labute approximate surface area is 159 Å². The van der Waals surface area contributed by atoms with Gasteiger partial charge in [-0.3, -0.25) is 4.79 Å². The van der Waals surface area contributed by atoms with E-state index in [-0.39, 0.29) is 11.0 Å². The van der Waals surface area contributed by atoms with Gasteiger partial charge < -0.3 is 19.5 Å². The van der Waals surface area contributed by atoms with Crippen LogP contribution in [0.15, 0.2) is 42.5 Å². The van der Waals surface area contributed by atoms with Crippen LogP contribution in [0, 0.1) is 0 Å². The summed E-state index contributed by atoms with van der Waals surface area (Å²) in [6.45, 7) is 5.95. The van der Waals surface area contributed by atoms with Crippen molar-refractivity contribution in [2.24, 2.45) is 0 Å². The molecule has 2 aromatic rings. The molecule has 1 N–H and O–H groups in total. The molecule has 6 nitrogen and oxygen atoms in total. The molecular weight excluding hydrogens is 346 g/mol. The predicted molar refractivity (Wildman–Crippen MR) is 104 cm³/mol. The standard InChI is InChI=1S/C21H25NO5/c1-21(2,3)14-6-8-15(9-7-14)22-19(23)13-27-20(24)17-12-16(25-4)10-11-18(17)26-5/h6-12H,13H2,1-5H3,(H,22,23). The van der Waals surface area contributed by atoms with Crippen LogP contribution in [0.3, 0.4) is 0 Å². The van der Waals surface area contributed by atoms with Crippen LogP contribution in [0.25, 0.3) is 0 Å². The Morgan fingerprint density at radius 1 is 0.963 bits per heavy atom. The number of methoxy groups -OCH3 is 2. The molecule has 0 aliphatic carbocycles. The van der Waals surface area contributed by atoms with Crippen LogP contribution >= 0.6 is 0 Å². The summed E-state index contributed by atoms with van der Waals surface area (Å²) in [5.74, 6) is -0.247. The van der Waals surface area contributed by atoms with Crippen molar-refractivity contribution >= 4 is 17.6 Å². The lowest BCUT2D eigenvalue weighted by molar-refractivity contribution is -0.119. The van der Waals surface area contributed by atoms with Crippen molar-refractivity contribution < 1.29 is 23.8 Å². The zero-order valence-corrected chi connectivity index (χ0v) is 16.3. The van der Waals surface area contributed by atoms with Crippen LogP contribution in [-0.4, -0.2) is 32.7 Å². The Morgan fingerprint density at radius 2 is 1.63 bits per heavy atom. The Balaban J connectivity index is 1.96. The van der Waals surface area contributed by atoms with Crippen molar-refractivity contribution in [1.29, 1.82) is 0 Å². The zero-order valence-electron chi connectivity index (χ0n) is 16.3. The molecule has 0 saturated heterocycles. The average molecular weight is 371 g/mol. The third-order valence-corrected chi connectivity index (χ3v) is 4.00. The van der Waals surface area contributed by atoms with Crippen LogP contribution in [0.2, 0.25) is 0 Å². The number of hydrogen-bond donors (Lipinski definition) is 1. The summed E-state index contributed by atoms with van der Waals surface area (Å²) in [4.78, 5) is 24.3. The van der Waals surface area contributed by atoms with Gasteiger partial charge in [0.1, 0.15) is 17.1 Å². The number of carbonyl (C=O) groups is 2. The summed E-state index contributed by atoms with van der Waals surface area (Å²) >= 11 is 0. The van der Waals surface area contributed by atoms with Gasteiger partial charge in [-0.25, -0.2) is 4.79 Å². The highest BCUT2D eigenvalue weighted by molar-refractivity contribution is 5.97. The summed E-state index contributed by atoms with van der Waals surface area (Å²) in [5.41, 5.74) is 2.03. The Kier molecular flexibility index (Phi) is 6.45. The topological polar surface area (TPSA) is 73.9 Å². The van der Waals surface area contributed by atoms with Gasteiger partial charge >= 0.3 is 5.97 Å². The molecule has 27 heavy (non-hydrogen) atoms. The van der Waals surface area contributed by atoms with Gasteiger partial charge in [0.15, 0.2) is 6.61 Å². The Morgan fingerprint density at radius 3 is 2.19 bits per heavy atom. The molecule has 0 bridgehead atoms. The molecule has 0 radical (unpaired) electrons. The highest BCUT2D eigenvalue weighted by Crippen LogP contribution is 2.25. The SMILES string of the molecule is COc1ccc(OC)c(C(=O)OCC(=O)Nc2ccc(C(C)(C)C)cc2)c1. The number of carbonyl (C=O) groups excluding carboxylic acids is 2. The van der Waals surface area contributed by atoms with E-state index in [0.29, 0.717) is 17.2 Å². The number of amides is 1. The molecule has 6 heteroatoms. The number of benzene rings is 2. The quantitative estimate of drug-likeness (QED) is 0.782. The zero-order chi connectivity index (χ0) is 20.0. The molecule has 0 aliphatic rings. The number of hydrogen-bond acceptors (Lipinski definition) is 5. The van der Waals surface area contributed by atoms with Gasteiger partial charge in [-0.15, -0.1) is 0 Å². The smallest absolute Gasteiger partial charge is 0.342 e. The highest BCUT2D eigenvalue weighted by Gasteiger charge is 2.17. The lowest BCUT2D eigenvalue weighted by Crippen LogP contribution is -2.21. The van der Waals surface area contributed by atoms with Crippen molar-refractivity contribution in [3.8, 4) is 11.5 Å². The van der Waals surface area contributed by atoms with Gasteiger partial charge in [-0.05, 0) is 41.3 Å². The van der Waals surface area contributed by atoms with Crippen LogP contribution in [0.1, 0.15) is 36.7 Å². The van der Waals surface area contributed by atoms with Crippen LogP contribution in [0.5, 0.6) is 11.5 Å². The fraction of sp³-hybridized carbons (Fsp3) is 0.333. The third-order valence-electron chi connectivity index (χ3n) is 4.00. The fourth-order valence-corrected chi connectivity index (χ4v) is 2.43. The normalized spacial score (nSPS) is 10.9. The van der Waals surface area contributed by atoms with Crippen LogP contribution < -0.4 is 14.8 Å². The molecule has 0 aromatic heterocycles. The molecule has 0 fully saturated rings. The van der Waals surface area contributed by atoms with E-state index in [0.717, 1.165) is 5.56 Å². The minimum atomic E-state index is -0.663. The molecule has 144 valence electrons. The lowest BCUT2D eigenvalue weighted by Gasteiger charge is -2.19. The van der Waals surface area contributed by atoms with Crippen molar-refractivity contribution in [3.63, 3.8) is 0 Å². The third kappa shape index (κ3) is 5.48. The first-order chi connectivity index (χ1) is 12.7. The van der Waals surface area contributed by atoms with Crippen LogP contribution in [-0.2, 0) is 14.9 Å². The van der Waals surface area contributed by atoms with E-state index in [4.69, 9.17) is 14.2 Å². The highest BCUT2D eigenvalue weighted by atomic mass is 16.5. The lowest BCUT2D eigenvalue weighted by atomic mass is 9.87. The first kappa shape index (κ1) is 20.3. The summed E-state index contributed by atoms with van der Waals surface area (Å²) in [7, 11) is 2.95. The van der Waals surface area contributed by atoms with Crippen molar-refractivity contribution in [2.45, 2.75) is 26.2 Å². The van der Waals surface area contributed by atoms with Crippen molar-refractivity contribution in [1.82, 2.24) is 0 Å². The molecule has 0 spiro atoms. The molecule has 0 atom stereocenters.